The maximum Gasteiger partial charge on any atom is 0.320 e. The van der Waals surface area contributed by atoms with Gasteiger partial charge in [-0.1, -0.05) is 0 Å². The van der Waals surface area contributed by atoms with Gasteiger partial charge in [0.15, 0.2) is 0 Å². The van der Waals surface area contributed by atoms with Crippen LogP contribution in [0.1, 0.15) is 32.4 Å². The molecule has 0 saturated carbocycles. The fourth-order valence-electron chi connectivity index (χ4n) is 2.65. The fourth-order valence-corrected chi connectivity index (χ4v) is 2.65. The molecular formula is C14H24N4O2. The largest absolute Gasteiger partial charge is 0.480 e. The van der Waals surface area contributed by atoms with Crippen molar-refractivity contribution in [3.8, 4) is 0 Å². The first-order valence-electron chi connectivity index (χ1n) is 7.26. The van der Waals surface area contributed by atoms with E-state index < -0.39 is 12.0 Å². The fraction of sp³-hybridized carbons (Fsp3) is 0.714. The number of rotatable bonds is 5. The first-order chi connectivity index (χ1) is 9.52. The molecule has 6 nitrogen and oxygen atoms in total. The van der Waals surface area contributed by atoms with E-state index in [1.807, 2.05) is 15.8 Å². The Morgan fingerprint density at radius 1 is 1.30 bits per heavy atom. The van der Waals surface area contributed by atoms with Gasteiger partial charge in [-0.15, -0.1) is 0 Å². The molecule has 2 heterocycles. The number of carboxylic acid groups (broad SMARTS) is 1. The van der Waals surface area contributed by atoms with Gasteiger partial charge < -0.3 is 5.11 Å². The van der Waals surface area contributed by atoms with E-state index in [4.69, 9.17) is 5.11 Å². The van der Waals surface area contributed by atoms with Crippen LogP contribution in [0.25, 0.3) is 0 Å². The van der Waals surface area contributed by atoms with Crippen LogP contribution in [0.4, 0.5) is 0 Å². The lowest BCUT2D eigenvalue weighted by Crippen LogP contribution is -2.52. The minimum Gasteiger partial charge on any atom is -0.480 e. The quantitative estimate of drug-likeness (QED) is 0.873. The Bertz CT molecular complexity index is 452. The van der Waals surface area contributed by atoms with Crippen LogP contribution in [0, 0.1) is 0 Å². The third kappa shape index (κ3) is 3.19. The molecule has 0 amide bonds. The summed E-state index contributed by atoms with van der Waals surface area (Å²) in [6.45, 7) is 10.3. The van der Waals surface area contributed by atoms with Crippen LogP contribution in [-0.4, -0.2) is 62.9 Å². The average molecular weight is 280 g/mol. The Kier molecular flexibility index (Phi) is 4.77. The monoisotopic (exact) mass is 280 g/mol. The van der Waals surface area contributed by atoms with Crippen molar-refractivity contribution in [1.29, 1.82) is 0 Å². The number of nitrogens with zero attached hydrogens (tertiary/aromatic N) is 4. The summed E-state index contributed by atoms with van der Waals surface area (Å²) in [5, 5.41) is 13.4. The number of carbonyl (C=O) groups is 1. The van der Waals surface area contributed by atoms with Crippen LogP contribution in [0.2, 0.25) is 0 Å². The number of carboxylic acids is 1. The van der Waals surface area contributed by atoms with Crippen LogP contribution in [0.3, 0.4) is 0 Å². The third-order valence-corrected chi connectivity index (χ3v) is 4.26. The summed E-state index contributed by atoms with van der Waals surface area (Å²) in [6, 6.07) is -0.0621. The maximum atomic E-state index is 11.0. The van der Waals surface area contributed by atoms with Gasteiger partial charge in [0, 0.05) is 50.5 Å². The van der Waals surface area contributed by atoms with Crippen molar-refractivity contribution in [2.45, 2.75) is 39.4 Å². The van der Waals surface area contributed by atoms with E-state index in [0.717, 1.165) is 32.7 Å². The van der Waals surface area contributed by atoms with Crippen molar-refractivity contribution in [1.82, 2.24) is 19.6 Å². The zero-order chi connectivity index (χ0) is 14.7. The number of piperazine rings is 1. The Hall–Kier alpha value is -1.40. The van der Waals surface area contributed by atoms with Gasteiger partial charge in [0.1, 0.15) is 6.04 Å². The smallest absolute Gasteiger partial charge is 0.320 e. The highest BCUT2D eigenvalue weighted by Crippen LogP contribution is 2.21. The molecule has 2 atom stereocenters. The maximum absolute atomic E-state index is 11.0. The van der Waals surface area contributed by atoms with E-state index in [9.17, 15) is 4.79 Å². The van der Waals surface area contributed by atoms with Crippen molar-refractivity contribution in [2.75, 3.05) is 26.2 Å². The Morgan fingerprint density at radius 2 is 1.90 bits per heavy atom. The summed E-state index contributed by atoms with van der Waals surface area (Å²) < 4.78 is 1.94. The molecule has 0 radical (unpaired) electrons. The predicted octanol–water partition coefficient (Wildman–Crippen LogP) is 1.05. The molecule has 1 N–H and O–H groups in total. The molecule has 1 aliphatic rings. The van der Waals surface area contributed by atoms with Gasteiger partial charge >= 0.3 is 5.97 Å². The molecule has 0 spiro atoms. The van der Waals surface area contributed by atoms with Crippen LogP contribution in [-0.2, 0) is 11.3 Å². The second kappa shape index (κ2) is 6.37. The highest BCUT2D eigenvalue weighted by atomic mass is 16.4. The second-order valence-electron chi connectivity index (χ2n) is 5.39. The summed E-state index contributed by atoms with van der Waals surface area (Å²) in [5.74, 6) is -0.740. The standard InChI is InChI=1S/C14H24N4O2/c1-4-18-10-13(9-15-18)11(2)16-5-7-17(8-6-16)12(3)14(19)20/h9-12H,4-8H2,1-3H3,(H,19,20). The third-order valence-electron chi connectivity index (χ3n) is 4.26. The van der Waals surface area contributed by atoms with Crippen molar-refractivity contribution in [3.63, 3.8) is 0 Å². The Labute approximate surface area is 120 Å². The SMILES string of the molecule is CCn1cc(C(C)N2CCN(C(C)C(=O)O)CC2)cn1. The average Bonchev–Trinajstić information content (AvgIpc) is 2.94. The zero-order valence-corrected chi connectivity index (χ0v) is 12.5. The molecule has 1 aromatic rings. The van der Waals surface area contributed by atoms with E-state index in [2.05, 4.69) is 30.0 Å². The Balaban J connectivity index is 1.91. The molecule has 0 bridgehead atoms. The molecule has 1 aliphatic heterocycles. The van der Waals surface area contributed by atoms with Crippen molar-refractivity contribution in [2.24, 2.45) is 0 Å². The van der Waals surface area contributed by atoms with Crippen LogP contribution < -0.4 is 0 Å². The molecule has 0 aliphatic carbocycles. The topological polar surface area (TPSA) is 61.6 Å². The van der Waals surface area contributed by atoms with Gasteiger partial charge in [-0.05, 0) is 20.8 Å². The van der Waals surface area contributed by atoms with E-state index >= 15 is 0 Å². The van der Waals surface area contributed by atoms with E-state index in [-0.39, 0.29) is 0 Å². The molecule has 0 aromatic carbocycles. The zero-order valence-electron chi connectivity index (χ0n) is 12.5. The summed E-state index contributed by atoms with van der Waals surface area (Å²) in [5.41, 5.74) is 1.23. The Morgan fingerprint density at radius 3 is 2.40 bits per heavy atom. The lowest BCUT2D eigenvalue weighted by atomic mass is 10.1. The molecule has 20 heavy (non-hydrogen) atoms. The molecular weight excluding hydrogens is 256 g/mol. The first-order valence-corrected chi connectivity index (χ1v) is 7.26. The highest BCUT2D eigenvalue weighted by molar-refractivity contribution is 5.72. The lowest BCUT2D eigenvalue weighted by Gasteiger charge is -2.39. The van der Waals surface area contributed by atoms with Crippen LogP contribution in [0.15, 0.2) is 12.4 Å². The van der Waals surface area contributed by atoms with E-state index in [1.54, 1.807) is 6.92 Å². The van der Waals surface area contributed by atoms with Gasteiger partial charge in [-0.2, -0.15) is 5.10 Å². The lowest BCUT2D eigenvalue weighted by molar-refractivity contribution is -0.143. The predicted molar refractivity (Wildman–Crippen MR) is 76.6 cm³/mol. The normalized spacial score (nSPS) is 20.8. The first kappa shape index (κ1) is 15.0. The number of hydrogen-bond acceptors (Lipinski definition) is 4. The van der Waals surface area contributed by atoms with Gasteiger partial charge in [0.25, 0.3) is 0 Å². The van der Waals surface area contributed by atoms with Gasteiger partial charge in [-0.25, -0.2) is 0 Å². The van der Waals surface area contributed by atoms with Gasteiger partial charge in [-0.3, -0.25) is 19.3 Å². The minimum atomic E-state index is -0.740. The molecule has 1 aromatic heterocycles. The number of aryl methyl sites for hydroxylation is 1. The summed E-state index contributed by atoms with van der Waals surface area (Å²) in [6.07, 6.45) is 4.03. The molecule has 1 fully saturated rings. The molecule has 2 rings (SSSR count). The number of aliphatic carboxylic acids is 1. The highest BCUT2D eigenvalue weighted by Gasteiger charge is 2.27. The number of hydrogen-bond donors (Lipinski definition) is 1. The van der Waals surface area contributed by atoms with Crippen LogP contribution >= 0.6 is 0 Å². The molecule has 112 valence electrons. The van der Waals surface area contributed by atoms with Gasteiger partial charge in [0.05, 0.1) is 6.20 Å². The van der Waals surface area contributed by atoms with Crippen LogP contribution in [0.5, 0.6) is 0 Å². The van der Waals surface area contributed by atoms with Crippen molar-refractivity contribution in [3.05, 3.63) is 18.0 Å². The summed E-state index contributed by atoms with van der Waals surface area (Å²) in [4.78, 5) is 15.4. The van der Waals surface area contributed by atoms with E-state index in [0.29, 0.717) is 6.04 Å². The summed E-state index contributed by atoms with van der Waals surface area (Å²) >= 11 is 0. The minimum absolute atomic E-state index is 0.331. The molecule has 6 heteroatoms. The van der Waals surface area contributed by atoms with E-state index in [1.165, 1.54) is 5.56 Å². The van der Waals surface area contributed by atoms with Crippen molar-refractivity contribution >= 4 is 5.97 Å². The molecule has 1 saturated heterocycles. The van der Waals surface area contributed by atoms with Gasteiger partial charge in [0.2, 0.25) is 0 Å². The number of aromatic nitrogens is 2. The van der Waals surface area contributed by atoms with Crippen molar-refractivity contribution < 1.29 is 9.90 Å². The second-order valence-corrected chi connectivity index (χ2v) is 5.39. The summed E-state index contributed by atoms with van der Waals surface area (Å²) in [7, 11) is 0. The molecule has 2 unspecified atom stereocenters.